The number of alkyl halides is 1. The van der Waals surface area contributed by atoms with E-state index in [4.69, 9.17) is 4.74 Å². The molecule has 122 valence electrons. The van der Waals surface area contributed by atoms with Crippen LogP contribution in [0.2, 0.25) is 0 Å². The van der Waals surface area contributed by atoms with Crippen molar-refractivity contribution in [3.05, 3.63) is 76.8 Å². The molecule has 2 aromatic carbocycles. The summed E-state index contributed by atoms with van der Waals surface area (Å²) in [6.45, 7) is 0.651. The Morgan fingerprint density at radius 2 is 1.92 bits per heavy atom. The lowest BCUT2D eigenvalue weighted by atomic mass is 9.74. The molecule has 0 aliphatic carbocycles. The van der Waals surface area contributed by atoms with Crippen molar-refractivity contribution in [1.82, 2.24) is 14.8 Å². The first-order chi connectivity index (χ1) is 11.7. The predicted molar refractivity (Wildman–Crippen MR) is 91.8 cm³/mol. The standard InChI is InChI=1S/C18H15BrFN3O/c19-14-6-4-5-13(9-14)18(10-24-11-18)16(20)17-22-21-12-23(17)15-7-2-1-3-8-15/h1-9,12,16H,10-11H2. The van der Waals surface area contributed by atoms with Crippen molar-refractivity contribution in [2.75, 3.05) is 13.2 Å². The highest BCUT2D eigenvalue weighted by molar-refractivity contribution is 9.10. The molecule has 0 saturated carbocycles. The van der Waals surface area contributed by atoms with E-state index < -0.39 is 11.6 Å². The molecule has 0 N–H and O–H groups in total. The third-order valence-corrected chi connectivity index (χ3v) is 4.93. The molecule has 1 aliphatic rings. The minimum Gasteiger partial charge on any atom is -0.379 e. The molecule has 0 amide bonds. The van der Waals surface area contributed by atoms with Crippen LogP contribution in [-0.4, -0.2) is 28.0 Å². The number of hydrogen-bond donors (Lipinski definition) is 0. The van der Waals surface area contributed by atoms with Crippen LogP contribution in [0.25, 0.3) is 5.69 Å². The van der Waals surface area contributed by atoms with E-state index in [2.05, 4.69) is 26.1 Å². The number of para-hydroxylation sites is 1. The Balaban J connectivity index is 1.76. The third-order valence-electron chi connectivity index (χ3n) is 4.44. The first-order valence-electron chi connectivity index (χ1n) is 7.64. The van der Waals surface area contributed by atoms with Crippen LogP contribution in [0.5, 0.6) is 0 Å². The van der Waals surface area contributed by atoms with E-state index in [0.29, 0.717) is 19.0 Å². The largest absolute Gasteiger partial charge is 0.379 e. The van der Waals surface area contributed by atoms with Crippen molar-refractivity contribution in [2.45, 2.75) is 11.6 Å². The second kappa shape index (κ2) is 6.11. The van der Waals surface area contributed by atoms with Crippen LogP contribution in [0, 0.1) is 0 Å². The zero-order valence-electron chi connectivity index (χ0n) is 12.8. The molecule has 0 radical (unpaired) electrons. The topological polar surface area (TPSA) is 39.9 Å². The number of aromatic nitrogens is 3. The number of hydrogen-bond acceptors (Lipinski definition) is 3. The lowest BCUT2D eigenvalue weighted by Gasteiger charge is -2.43. The lowest BCUT2D eigenvalue weighted by Crippen LogP contribution is -2.50. The van der Waals surface area contributed by atoms with Crippen LogP contribution in [0.1, 0.15) is 17.6 Å². The average Bonchev–Trinajstić information content (AvgIpc) is 3.04. The second-order valence-corrected chi connectivity index (χ2v) is 6.83. The van der Waals surface area contributed by atoms with Crippen LogP contribution in [0.4, 0.5) is 4.39 Å². The van der Waals surface area contributed by atoms with E-state index in [-0.39, 0.29) is 0 Å². The average molecular weight is 388 g/mol. The van der Waals surface area contributed by atoms with Crippen molar-refractivity contribution < 1.29 is 9.13 Å². The summed E-state index contributed by atoms with van der Waals surface area (Å²) in [5.74, 6) is 0.296. The molecule has 0 bridgehead atoms. The Labute approximate surface area is 147 Å². The van der Waals surface area contributed by atoms with Gasteiger partial charge in [0, 0.05) is 10.2 Å². The molecular formula is C18H15BrFN3O. The van der Waals surface area contributed by atoms with E-state index in [0.717, 1.165) is 15.7 Å². The van der Waals surface area contributed by atoms with Gasteiger partial charge in [0.25, 0.3) is 0 Å². The van der Waals surface area contributed by atoms with Gasteiger partial charge in [-0.05, 0) is 29.8 Å². The molecule has 0 spiro atoms. The van der Waals surface area contributed by atoms with E-state index in [9.17, 15) is 0 Å². The van der Waals surface area contributed by atoms with E-state index in [1.54, 1.807) is 10.9 Å². The first-order valence-corrected chi connectivity index (χ1v) is 8.43. The minimum atomic E-state index is -1.32. The summed E-state index contributed by atoms with van der Waals surface area (Å²) in [6.07, 6.45) is 0.231. The second-order valence-electron chi connectivity index (χ2n) is 5.92. The Hall–Kier alpha value is -2.05. The number of ether oxygens (including phenoxy) is 1. The van der Waals surface area contributed by atoms with Gasteiger partial charge in [0.1, 0.15) is 6.33 Å². The predicted octanol–water partition coefficient (Wildman–Crippen LogP) is 4.01. The highest BCUT2D eigenvalue weighted by atomic mass is 79.9. The number of nitrogens with zero attached hydrogens (tertiary/aromatic N) is 3. The van der Waals surface area contributed by atoms with Crippen molar-refractivity contribution in [1.29, 1.82) is 0 Å². The molecule has 1 aromatic heterocycles. The fourth-order valence-corrected chi connectivity index (χ4v) is 3.43. The summed E-state index contributed by atoms with van der Waals surface area (Å²) in [6, 6.07) is 17.3. The molecule has 4 rings (SSSR count). The first kappa shape index (κ1) is 15.5. The number of halogens is 2. The number of benzene rings is 2. The molecule has 24 heavy (non-hydrogen) atoms. The highest BCUT2D eigenvalue weighted by Crippen LogP contribution is 2.46. The van der Waals surface area contributed by atoms with E-state index in [1.165, 1.54) is 0 Å². The van der Waals surface area contributed by atoms with Gasteiger partial charge in [-0.2, -0.15) is 0 Å². The number of rotatable bonds is 4. The summed E-state index contributed by atoms with van der Waals surface area (Å²) in [5.41, 5.74) is 1.01. The molecule has 2 heterocycles. The summed E-state index contributed by atoms with van der Waals surface area (Å²) in [7, 11) is 0. The molecule has 1 aliphatic heterocycles. The maximum atomic E-state index is 15.6. The van der Waals surface area contributed by atoms with Crippen molar-refractivity contribution in [3.8, 4) is 5.69 Å². The van der Waals surface area contributed by atoms with Gasteiger partial charge in [-0.15, -0.1) is 10.2 Å². The summed E-state index contributed by atoms with van der Waals surface area (Å²) in [5, 5.41) is 7.98. The Morgan fingerprint density at radius 3 is 2.58 bits per heavy atom. The van der Waals surface area contributed by atoms with Crippen LogP contribution in [0.15, 0.2) is 65.4 Å². The van der Waals surface area contributed by atoms with Gasteiger partial charge in [-0.1, -0.05) is 46.3 Å². The van der Waals surface area contributed by atoms with Gasteiger partial charge in [0.15, 0.2) is 12.0 Å². The molecule has 1 fully saturated rings. The third kappa shape index (κ3) is 2.46. The maximum Gasteiger partial charge on any atom is 0.174 e. The van der Waals surface area contributed by atoms with Gasteiger partial charge >= 0.3 is 0 Å². The fourth-order valence-electron chi connectivity index (χ4n) is 3.03. The summed E-state index contributed by atoms with van der Waals surface area (Å²) < 4.78 is 23.6. The van der Waals surface area contributed by atoms with Crippen molar-refractivity contribution >= 4 is 15.9 Å². The van der Waals surface area contributed by atoms with Gasteiger partial charge in [-0.3, -0.25) is 4.57 Å². The van der Waals surface area contributed by atoms with Crippen LogP contribution in [-0.2, 0) is 10.2 Å². The SMILES string of the molecule is FC(c1nncn1-c1ccccc1)C1(c2cccc(Br)c2)COC1. The molecule has 6 heteroatoms. The highest BCUT2D eigenvalue weighted by Gasteiger charge is 2.50. The van der Waals surface area contributed by atoms with Gasteiger partial charge in [-0.25, -0.2) is 4.39 Å². The quantitative estimate of drug-likeness (QED) is 0.678. The lowest BCUT2D eigenvalue weighted by molar-refractivity contribution is -0.101. The molecule has 1 atom stereocenters. The zero-order chi connectivity index (χ0) is 16.6. The molecule has 1 saturated heterocycles. The Kier molecular flexibility index (Phi) is 3.94. The summed E-state index contributed by atoms with van der Waals surface area (Å²) >= 11 is 3.46. The van der Waals surface area contributed by atoms with Gasteiger partial charge in [0.2, 0.25) is 0 Å². The zero-order valence-corrected chi connectivity index (χ0v) is 14.4. The maximum absolute atomic E-state index is 15.6. The Bertz CT molecular complexity index is 848. The minimum absolute atomic E-state index is 0.296. The van der Waals surface area contributed by atoms with Crippen LogP contribution >= 0.6 is 15.9 Å². The van der Waals surface area contributed by atoms with Crippen molar-refractivity contribution in [3.63, 3.8) is 0 Å². The van der Waals surface area contributed by atoms with Gasteiger partial charge < -0.3 is 4.74 Å². The molecule has 4 nitrogen and oxygen atoms in total. The smallest absolute Gasteiger partial charge is 0.174 e. The van der Waals surface area contributed by atoms with Crippen LogP contribution in [0.3, 0.4) is 0 Å². The fraction of sp³-hybridized carbons (Fsp3) is 0.222. The van der Waals surface area contributed by atoms with Crippen molar-refractivity contribution in [2.24, 2.45) is 0 Å². The summed E-state index contributed by atoms with van der Waals surface area (Å²) in [4.78, 5) is 0. The van der Waals surface area contributed by atoms with Gasteiger partial charge in [0.05, 0.1) is 18.6 Å². The molecule has 3 aromatic rings. The van der Waals surface area contributed by atoms with Crippen LogP contribution < -0.4 is 0 Å². The Morgan fingerprint density at radius 1 is 1.12 bits per heavy atom. The normalized spacial score (nSPS) is 17.2. The van der Waals surface area contributed by atoms with E-state index in [1.807, 2.05) is 54.6 Å². The monoisotopic (exact) mass is 387 g/mol. The van der Waals surface area contributed by atoms with E-state index >= 15 is 4.39 Å². The molecule has 1 unspecified atom stereocenters. The molecular weight excluding hydrogens is 373 g/mol.